The van der Waals surface area contributed by atoms with Crippen LogP contribution in [0.1, 0.15) is 31.7 Å². The summed E-state index contributed by atoms with van der Waals surface area (Å²) < 4.78 is 1.82. The SMILES string of the molecule is CCc1nn(C)c(CNC(C)CCO)c1Cl. The van der Waals surface area contributed by atoms with Crippen molar-refractivity contribution in [1.82, 2.24) is 15.1 Å². The Balaban J connectivity index is 2.63. The van der Waals surface area contributed by atoms with E-state index in [1.807, 2.05) is 25.6 Å². The minimum atomic E-state index is 0.202. The van der Waals surface area contributed by atoms with Crippen molar-refractivity contribution in [3.63, 3.8) is 0 Å². The Hall–Kier alpha value is -0.580. The van der Waals surface area contributed by atoms with Gasteiger partial charge in [0, 0.05) is 26.2 Å². The molecule has 4 nitrogen and oxygen atoms in total. The van der Waals surface area contributed by atoms with Crippen molar-refractivity contribution < 1.29 is 5.11 Å². The predicted octanol–water partition coefficient (Wildman–Crippen LogP) is 1.50. The zero-order valence-corrected chi connectivity index (χ0v) is 10.9. The van der Waals surface area contributed by atoms with Crippen molar-refractivity contribution in [2.24, 2.45) is 7.05 Å². The van der Waals surface area contributed by atoms with Gasteiger partial charge in [-0.15, -0.1) is 0 Å². The summed E-state index contributed by atoms with van der Waals surface area (Å²) >= 11 is 6.22. The average Bonchev–Trinajstić information content (AvgIpc) is 2.52. The van der Waals surface area contributed by atoms with Gasteiger partial charge in [0.2, 0.25) is 0 Å². The minimum absolute atomic E-state index is 0.202. The number of aryl methyl sites for hydroxylation is 2. The van der Waals surface area contributed by atoms with E-state index in [0.717, 1.165) is 29.3 Å². The van der Waals surface area contributed by atoms with E-state index >= 15 is 0 Å². The Morgan fingerprint density at radius 3 is 2.75 bits per heavy atom. The molecule has 5 heteroatoms. The Morgan fingerprint density at radius 1 is 1.56 bits per heavy atom. The average molecular weight is 246 g/mol. The summed E-state index contributed by atoms with van der Waals surface area (Å²) in [7, 11) is 1.90. The maximum absolute atomic E-state index is 8.80. The van der Waals surface area contributed by atoms with Crippen molar-refractivity contribution in [3.8, 4) is 0 Å². The van der Waals surface area contributed by atoms with Crippen LogP contribution >= 0.6 is 11.6 Å². The van der Waals surface area contributed by atoms with Crippen molar-refractivity contribution in [2.75, 3.05) is 6.61 Å². The molecule has 1 aromatic rings. The molecule has 2 N–H and O–H groups in total. The van der Waals surface area contributed by atoms with Gasteiger partial charge in [0.25, 0.3) is 0 Å². The van der Waals surface area contributed by atoms with E-state index in [-0.39, 0.29) is 12.6 Å². The van der Waals surface area contributed by atoms with E-state index in [1.54, 1.807) is 0 Å². The minimum Gasteiger partial charge on any atom is -0.396 e. The van der Waals surface area contributed by atoms with Crippen LogP contribution in [0.3, 0.4) is 0 Å². The van der Waals surface area contributed by atoms with Crippen molar-refractivity contribution >= 4 is 11.6 Å². The smallest absolute Gasteiger partial charge is 0.0863 e. The lowest BCUT2D eigenvalue weighted by Crippen LogP contribution is -2.27. The highest BCUT2D eigenvalue weighted by Crippen LogP contribution is 2.20. The molecule has 1 unspecified atom stereocenters. The monoisotopic (exact) mass is 245 g/mol. The molecular formula is C11H20ClN3O. The Labute approximate surface area is 102 Å². The fourth-order valence-electron chi connectivity index (χ4n) is 1.58. The van der Waals surface area contributed by atoms with Gasteiger partial charge in [-0.1, -0.05) is 18.5 Å². The van der Waals surface area contributed by atoms with Crippen molar-refractivity contribution in [3.05, 3.63) is 16.4 Å². The van der Waals surface area contributed by atoms with Crippen LogP contribution in [-0.4, -0.2) is 27.5 Å². The van der Waals surface area contributed by atoms with E-state index in [4.69, 9.17) is 16.7 Å². The Morgan fingerprint density at radius 2 is 2.25 bits per heavy atom. The Kier molecular flexibility index (Phi) is 5.25. The highest BCUT2D eigenvalue weighted by atomic mass is 35.5. The van der Waals surface area contributed by atoms with Crippen molar-refractivity contribution in [2.45, 2.75) is 39.3 Å². The van der Waals surface area contributed by atoms with Gasteiger partial charge in [0.1, 0.15) is 0 Å². The van der Waals surface area contributed by atoms with Crippen LogP contribution in [0.2, 0.25) is 5.02 Å². The standard InChI is InChI=1S/C11H20ClN3O/c1-4-9-11(12)10(15(3)14-9)7-13-8(2)5-6-16/h8,13,16H,4-7H2,1-3H3. The summed E-state index contributed by atoms with van der Waals surface area (Å²) in [4.78, 5) is 0. The van der Waals surface area contributed by atoms with Gasteiger partial charge in [-0.25, -0.2) is 0 Å². The van der Waals surface area contributed by atoms with Crippen molar-refractivity contribution in [1.29, 1.82) is 0 Å². The van der Waals surface area contributed by atoms with Gasteiger partial charge in [-0.2, -0.15) is 5.10 Å². The van der Waals surface area contributed by atoms with Gasteiger partial charge >= 0.3 is 0 Å². The molecule has 0 aromatic carbocycles. The van der Waals surface area contributed by atoms with Gasteiger partial charge in [0.05, 0.1) is 16.4 Å². The maximum Gasteiger partial charge on any atom is 0.0863 e. The summed E-state index contributed by atoms with van der Waals surface area (Å²) in [6.07, 6.45) is 1.59. The number of halogens is 1. The fraction of sp³-hybridized carbons (Fsp3) is 0.727. The van der Waals surface area contributed by atoms with Crippen LogP contribution in [0.4, 0.5) is 0 Å². The van der Waals surface area contributed by atoms with E-state index in [9.17, 15) is 0 Å². The number of aromatic nitrogens is 2. The zero-order valence-electron chi connectivity index (χ0n) is 10.1. The lowest BCUT2D eigenvalue weighted by atomic mass is 10.2. The van der Waals surface area contributed by atoms with E-state index < -0.39 is 0 Å². The number of aliphatic hydroxyl groups is 1. The first-order valence-corrected chi connectivity index (χ1v) is 6.02. The molecule has 1 atom stereocenters. The number of nitrogens with zero attached hydrogens (tertiary/aromatic N) is 2. The molecule has 1 aromatic heterocycles. The second-order valence-corrected chi connectivity index (χ2v) is 4.36. The molecule has 16 heavy (non-hydrogen) atoms. The molecule has 0 amide bonds. The highest BCUT2D eigenvalue weighted by Gasteiger charge is 2.13. The summed E-state index contributed by atoms with van der Waals surface area (Å²) in [6, 6.07) is 0.279. The first kappa shape index (κ1) is 13.5. The summed E-state index contributed by atoms with van der Waals surface area (Å²) in [5.74, 6) is 0. The molecule has 1 rings (SSSR count). The molecule has 0 saturated heterocycles. The molecular weight excluding hydrogens is 226 g/mol. The predicted molar refractivity (Wildman–Crippen MR) is 65.6 cm³/mol. The molecule has 0 aliphatic carbocycles. The number of hydrogen-bond donors (Lipinski definition) is 2. The quantitative estimate of drug-likeness (QED) is 0.799. The van der Waals surface area contributed by atoms with Crippen LogP contribution in [-0.2, 0) is 20.0 Å². The second-order valence-electron chi connectivity index (χ2n) is 3.98. The third-order valence-electron chi connectivity index (χ3n) is 2.68. The lowest BCUT2D eigenvalue weighted by Gasteiger charge is -2.12. The molecule has 0 fully saturated rings. The molecule has 0 saturated carbocycles. The van der Waals surface area contributed by atoms with Gasteiger partial charge in [-0.3, -0.25) is 4.68 Å². The highest BCUT2D eigenvalue weighted by molar-refractivity contribution is 6.31. The fourth-order valence-corrected chi connectivity index (χ4v) is 1.94. The summed E-state index contributed by atoms with van der Waals surface area (Å²) in [5.41, 5.74) is 1.94. The third kappa shape index (κ3) is 3.20. The van der Waals surface area contributed by atoms with Crippen LogP contribution in [0.5, 0.6) is 0 Å². The number of nitrogens with one attached hydrogen (secondary N) is 1. The molecule has 0 bridgehead atoms. The van der Waals surface area contributed by atoms with Gasteiger partial charge in [0.15, 0.2) is 0 Å². The number of rotatable bonds is 6. The van der Waals surface area contributed by atoms with E-state index in [0.29, 0.717) is 6.54 Å². The molecule has 0 radical (unpaired) electrons. The number of aliphatic hydroxyl groups excluding tert-OH is 1. The molecule has 0 spiro atoms. The second kappa shape index (κ2) is 6.23. The molecule has 92 valence electrons. The maximum atomic E-state index is 8.80. The van der Waals surface area contributed by atoms with Gasteiger partial charge < -0.3 is 10.4 Å². The molecule has 0 aliphatic heterocycles. The van der Waals surface area contributed by atoms with E-state index in [1.165, 1.54) is 0 Å². The number of hydrogen-bond acceptors (Lipinski definition) is 3. The summed E-state index contributed by atoms with van der Waals surface area (Å²) in [6.45, 7) is 4.97. The topological polar surface area (TPSA) is 50.1 Å². The van der Waals surface area contributed by atoms with Crippen LogP contribution in [0.15, 0.2) is 0 Å². The van der Waals surface area contributed by atoms with Crippen LogP contribution in [0, 0.1) is 0 Å². The lowest BCUT2D eigenvalue weighted by molar-refractivity contribution is 0.268. The first-order chi connectivity index (χ1) is 7.60. The Bertz CT molecular complexity index is 338. The zero-order chi connectivity index (χ0) is 12.1. The molecule has 1 heterocycles. The van der Waals surface area contributed by atoms with Gasteiger partial charge in [-0.05, 0) is 19.8 Å². The third-order valence-corrected chi connectivity index (χ3v) is 3.12. The molecule has 0 aliphatic rings. The first-order valence-electron chi connectivity index (χ1n) is 5.64. The largest absolute Gasteiger partial charge is 0.396 e. The normalized spacial score (nSPS) is 13.1. The van der Waals surface area contributed by atoms with E-state index in [2.05, 4.69) is 10.4 Å². The summed E-state index contributed by atoms with van der Waals surface area (Å²) in [5, 5.41) is 17.2. The van der Waals surface area contributed by atoms with Crippen LogP contribution < -0.4 is 5.32 Å². The van der Waals surface area contributed by atoms with Crippen LogP contribution in [0.25, 0.3) is 0 Å².